The largest absolute Gasteiger partial charge is 0.358 e. The van der Waals surface area contributed by atoms with Crippen LogP contribution in [0.4, 0.5) is 0 Å². The average molecular weight is 243 g/mol. The quantitative estimate of drug-likeness (QED) is 0.874. The molecule has 1 aromatic rings. The lowest BCUT2D eigenvalue weighted by molar-refractivity contribution is 0.557. The summed E-state index contributed by atoms with van der Waals surface area (Å²) in [6.07, 6.45) is 3.80. The molecule has 2 aliphatic rings. The first-order valence-electron chi connectivity index (χ1n) is 6.91. The fourth-order valence-electron chi connectivity index (χ4n) is 2.85. The summed E-state index contributed by atoms with van der Waals surface area (Å²) in [5, 5.41) is 3.55. The number of hydrogen-bond acceptors (Lipinski definition) is 3. The molecule has 96 valence electrons. The van der Waals surface area contributed by atoms with E-state index >= 15 is 0 Å². The molecule has 3 heteroatoms. The van der Waals surface area contributed by atoms with Crippen molar-refractivity contribution in [3.05, 3.63) is 35.4 Å². The molecule has 1 fully saturated rings. The van der Waals surface area contributed by atoms with Gasteiger partial charge in [0.1, 0.15) is 5.84 Å². The highest BCUT2D eigenvalue weighted by molar-refractivity contribution is 5.99. The molecule has 0 saturated carbocycles. The molecule has 0 aromatic heterocycles. The Morgan fingerprint density at radius 2 is 2.17 bits per heavy atom. The van der Waals surface area contributed by atoms with Crippen LogP contribution < -0.4 is 5.32 Å². The maximum atomic E-state index is 4.55. The van der Waals surface area contributed by atoms with E-state index in [9.17, 15) is 0 Å². The Hall–Kier alpha value is -1.35. The molecule has 1 atom stereocenters. The molecule has 0 radical (unpaired) electrons. The van der Waals surface area contributed by atoms with E-state index in [1.165, 1.54) is 30.5 Å². The molecule has 1 N–H and O–H groups in total. The fourth-order valence-corrected chi connectivity index (χ4v) is 2.85. The van der Waals surface area contributed by atoms with Gasteiger partial charge < -0.3 is 10.2 Å². The Balaban J connectivity index is 1.68. The summed E-state index contributed by atoms with van der Waals surface area (Å²) in [4.78, 5) is 6.78. The van der Waals surface area contributed by atoms with Crippen LogP contribution in [0.2, 0.25) is 0 Å². The van der Waals surface area contributed by atoms with Crippen LogP contribution in [0.15, 0.2) is 29.3 Å². The molecule has 0 bridgehead atoms. The van der Waals surface area contributed by atoms with Crippen LogP contribution >= 0.6 is 0 Å². The summed E-state index contributed by atoms with van der Waals surface area (Å²) in [5.41, 5.74) is 2.68. The molecular weight excluding hydrogens is 222 g/mol. The monoisotopic (exact) mass is 243 g/mol. The summed E-state index contributed by atoms with van der Waals surface area (Å²) in [5.74, 6) is 1.14. The normalized spacial score (nSPS) is 23.5. The highest BCUT2D eigenvalue weighted by atomic mass is 15.2. The van der Waals surface area contributed by atoms with E-state index in [1.807, 2.05) is 0 Å². The lowest BCUT2D eigenvalue weighted by Crippen LogP contribution is -2.24. The number of rotatable bonds is 3. The van der Waals surface area contributed by atoms with Gasteiger partial charge in [0.2, 0.25) is 0 Å². The van der Waals surface area contributed by atoms with Gasteiger partial charge in [-0.05, 0) is 31.4 Å². The maximum Gasteiger partial charge on any atom is 0.130 e. The molecule has 0 spiro atoms. The third-order valence-electron chi connectivity index (χ3n) is 3.92. The first-order valence-corrected chi connectivity index (χ1v) is 6.91. The minimum Gasteiger partial charge on any atom is -0.358 e. The van der Waals surface area contributed by atoms with Gasteiger partial charge in [-0.1, -0.05) is 24.3 Å². The second kappa shape index (κ2) is 5.11. The molecule has 2 heterocycles. The number of aliphatic imine (C=N–C) groups is 1. The topological polar surface area (TPSA) is 27.6 Å². The molecule has 1 unspecified atom stereocenters. The average Bonchev–Trinajstić information content (AvgIpc) is 3.02. The summed E-state index contributed by atoms with van der Waals surface area (Å²) in [6.45, 7) is 3.16. The zero-order valence-electron chi connectivity index (χ0n) is 11.0. The Morgan fingerprint density at radius 3 is 2.78 bits per heavy atom. The predicted molar refractivity (Wildman–Crippen MR) is 75.2 cm³/mol. The summed E-state index contributed by atoms with van der Waals surface area (Å²) < 4.78 is 0. The summed E-state index contributed by atoms with van der Waals surface area (Å²) >= 11 is 0. The Bertz CT molecular complexity index is 430. The zero-order chi connectivity index (χ0) is 12.4. The molecule has 1 saturated heterocycles. The second-order valence-corrected chi connectivity index (χ2v) is 5.32. The van der Waals surface area contributed by atoms with E-state index in [4.69, 9.17) is 0 Å². The predicted octanol–water partition coefficient (Wildman–Crippen LogP) is 1.67. The molecule has 3 rings (SSSR count). The van der Waals surface area contributed by atoms with Crippen molar-refractivity contribution in [2.45, 2.75) is 25.3 Å². The minimum atomic E-state index is 0.683. The van der Waals surface area contributed by atoms with E-state index in [0.29, 0.717) is 6.04 Å². The Kier molecular flexibility index (Phi) is 3.33. The molecule has 0 aliphatic carbocycles. The van der Waals surface area contributed by atoms with Crippen LogP contribution in [-0.2, 0) is 6.42 Å². The smallest absolute Gasteiger partial charge is 0.130 e. The van der Waals surface area contributed by atoms with Crippen molar-refractivity contribution in [2.75, 3.05) is 26.7 Å². The number of amidine groups is 1. The van der Waals surface area contributed by atoms with Crippen molar-refractivity contribution in [3.63, 3.8) is 0 Å². The second-order valence-electron chi connectivity index (χ2n) is 5.32. The number of nitrogens with zero attached hydrogens (tertiary/aromatic N) is 2. The van der Waals surface area contributed by atoms with Crippen LogP contribution in [0, 0.1) is 0 Å². The van der Waals surface area contributed by atoms with Crippen molar-refractivity contribution in [3.8, 4) is 0 Å². The fraction of sp³-hybridized carbons (Fsp3) is 0.533. The zero-order valence-corrected chi connectivity index (χ0v) is 11.0. The first kappa shape index (κ1) is 11.7. The lowest BCUT2D eigenvalue weighted by Gasteiger charge is -2.15. The van der Waals surface area contributed by atoms with E-state index < -0.39 is 0 Å². The van der Waals surface area contributed by atoms with Gasteiger partial charge in [0.15, 0.2) is 0 Å². The number of nitrogens with one attached hydrogen (secondary N) is 1. The lowest BCUT2D eigenvalue weighted by atomic mass is 10.0. The van der Waals surface area contributed by atoms with Gasteiger partial charge in [-0.3, -0.25) is 4.99 Å². The third-order valence-corrected chi connectivity index (χ3v) is 3.92. The number of hydrogen-bond donors (Lipinski definition) is 1. The SMILES string of the molecule is CN1CCN=C1c1ccc(CC2CCCN2)cc1. The van der Waals surface area contributed by atoms with E-state index in [2.05, 4.69) is 46.5 Å². The highest BCUT2D eigenvalue weighted by Gasteiger charge is 2.16. The van der Waals surface area contributed by atoms with Crippen LogP contribution in [0.25, 0.3) is 0 Å². The maximum absolute atomic E-state index is 4.55. The summed E-state index contributed by atoms with van der Waals surface area (Å²) in [7, 11) is 2.11. The highest BCUT2D eigenvalue weighted by Crippen LogP contribution is 2.15. The number of benzene rings is 1. The van der Waals surface area contributed by atoms with Crippen LogP contribution in [-0.4, -0.2) is 43.5 Å². The third kappa shape index (κ3) is 2.41. The molecule has 18 heavy (non-hydrogen) atoms. The van der Waals surface area contributed by atoms with Crippen molar-refractivity contribution in [1.29, 1.82) is 0 Å². The van der Waals surface area contributed by atoms with E-state index in [0.717, 1.165) is 25.3 Å². The summed E-state index contributed by atoms with van der Waals surface area (Å²) in [6, 6.07) is 9.62. The van der Waals surface area contributed by atoms with Gasteiger partial charge in [-0.15, -0.1) is 0 Å². The minimum absolute atomic E-state index is 0.683. The molecule has 0 amide bonds. The van der Waals surface area contributed by atoms with Crippen molar-refractivity contribution >= 4 is 5.84 Å². The van der Waals surface area contributed by atoms with Crippen molar-refractivity contribution in [1.82, 2.24) is 10.2 Å². The van der Waals surface area contributed by atoms with Gasteiger partial charge in [0.25, 0.3) is 0 Å². The van der Waals surface area contributed by atoms with Crippen LogP contribution in [0.1, 0.15) is 24.0 Å². The van der Waals surface area contributed by atoms with Gasteiger partial charge >= 0.3 is 0 Å². The standard InChI is InChI=1S/C15H21N3/c1-18-10-9-17-15(18)13-6-4-12(5-7-13)11-14-3-2-8-16-14/h4-7,14,16H,2-3,8-11H2,1H3. The molecular formula is C15H21N3. The van der Waals surface area contributed by atoms with Crippen molar-refractivity contribution < 1.29 is 0 Å². The van der Waals surface area contributed by atoms with Crippen molar-refractivity contribution in [2.24, 2.45) is 4.99 Å². The number of likely N-dealkylation sites (N-methyl/N-ethyl adjacent to an activating group) is 1. The molecule has 3 nitrogen and oxygen atoms in total. The Labute approximate surface area is 109 Å². The van der Waals surface area contributed by atoms with Gasteiger partial charge in [0, 0.05) is 25.2 Å². The van der Waals surface area contributed by atoms with Gasteiger partial charge in [0.05, 0.1) is 6.54 Å². The Morgan fingerprint density at radius 1 is 1.33 bits per heavy atom. The van der Waals surface area contributed by atoms with Crippen LogP contribution in [0.5, 0.6) is 0 Å². The van der Waals surface area contributed by atoms with Crippen LogP contribution in [0.3, 0.4) is 0 Å². The molecule has 2 aliphatic heterocycles. The van der Waals surface area contributed by atoms with Gasteiger partial charge in [-0.2, -0.15) is 0 Å². The first-order chi connectivity index (χ1) is 8.83. The molecule has 1 aromatic carbocycles. The van der Waals surface area contributed by atoms with Gasteiger partial charge in [-0.25, -0.2) is 0 Å². The van der Waals surface area contributed by atoms with E-state index in [-0.39, 0.29) is 0 Å². The van der Waals surface area contributed by atoms with E-state index in [1.54, 1.807) is 0 Å².